The average Bonchev–Trinajstić information content (AvgIpc) is 2.46. The predicted octanol–water partition coefficient (Wildman–Crippen LogP) is 2.84. The van der Waals surface area contributed by atoms with Crippen LogP contribution in [0.1, 0.15) is 11.1 Å². The Kier molecular flexibility index (Phi) is 3.67. The van der Waals surface area contributed by atoms with Gasteiger partial charge in [0.25, 0.3) is 0 Å². The van der Waals surface area contributed by atoms with Gasteiger partial charge in [-0.05, 0) is 0 Å². The normalized spacial score (nSPS) is 17.7. The zero-order chi connectivity index (χ0) is 13.1. The summed E-state index contributed by atoms with van der Waals surface area (Å²) < 4.78 is 5.41. The molecule has 3 heteroatoms. The second-order valence-electron chi connectivity index (χ2n) is 4.52. The van der Waals surface area contributed by atoms with E-state index in [4.69, 9.17) is 4.74 Å². The van der Waals surface area contributed by atoms with Crippen molar-refractivity contribution in [2.24, 2.45) is 0 Å². The molecule has 0 saturated heterocycles. The van der Waals surface area contributed by atoms with Crippen molar-refractivity contribution in [1.29, 1.82) is 0 Å². The number of ether oxygens (including phenoxy) is 1. The molecular weight excluding hydrogens is 303 g/mol. The summed E-state index contributed by atoms with van der Waals surface area (Å²) in [6.45, 7) is 0. The Hall–Kier alpha value is -1.57. The van der Waals surface area contributed by atoms with Crippen LogP contribution in [-0.4, -0.2) is 20.9 Å². The van der Waals surface area contributed by atoms with Crippen molar-refractivity contribution in [3.63, 3.8) is 0 Å². The van der Waals surface area contributed by atoms with Crippen molar-refractivity contribution in [2.75, 3.05) is 0 Å². The average molecular weight is 317 g/mol. The molecule has 3 rings (SSSR count). The summed E-state index contributed by atoms with van der Waals surface area (Å²) in [6.07, 6.45) is 0.821. The fourth-order valence-corrected chi connectivity index (χ4v) is 4.37. The standard InChI is InChI=1S/C16H14O2Se/c17-16-15(19-11-12-6-2-1-3-7-12)10-13-8-4-5-9-14(13)18-16/h1-9,15H,10-11H2. The Balaban J connectivity index is 1.68. The molecule has 0 amide bonds. The van der Waals surface area contributed by atoms with E-state index in [9.17, 15) is 4.79 Å². The van der Waals surface area contributed by atoms with Crippen molar-refractivity contribution in [1.82, 2.24) is 0 Å². The molecule has 1 unspecified atom stereocenters. The van der Waals surface area contributed by atoms with Gasteiger partial charge in [0, 0.05) is 0 Å². The first-order valence-electron chi connectivity index (χ1n) is 6.28. The van der Waals surface area contributed by atoms with Crippen LogP contribution in [-0.2, 0) is 16.5 Å². The van der Waals surface area contributed by atoms with Gasteiger partial charge in [-0.2, -0.15) is 0 Å². The summed E-state index contributed by atoms with van der Waals surface area (Å²) in [5.74, 6) is 0.675. The predicted molar refractivity (Wildman–Crippen MR) is 75.4 cm³/mol. The third kappa shape index (κ3) is 2.89. The molecule has 0 N–H and O–H groups in total. The molecule has 0 radical (unpaired) electrons. The molecule has 0 bridgehead atoms. The second kappa shape index (κ2) is 5.60. The molecule has 1 heterocycles. The van der Waals surface area contributed by atoms with Gasteiger partial charge < -0.3 is 0 Å². The Morgan fingerprint density at radius 3 is 2.63 bits per heavy atom. The molecule has 1 aliphatic heterocycles. The molecule has 0 fully saturated rings. The molecule has 1 atom stereocenters. The number of benzene rings is 2. The van der Waals surface area contributed by atoms with Crippen molar-refractivity contribution in [2.45, 2.75) is 16.6 Å². The Bertz CT molecular complexity index is 580. The van der Waals surface area contributed by atoms with Gasteiger partial charge in [0.2, 0.25) is 0 Å². The van der Waals surface area contributed by atoms with Crippen LogP contribution >= 0.6 is 0 Å². The number of para-hydroxylation sites is 1. The van der Waals surface area contributed by atoms with Crippen LogP contribution in [0.4, 0.5) is 0 Å². The van der Waals surface area contributed by atoms with Crippen LogP contribution < -0.4 is 4.74 Å². The first kappa shape index (κ1) is 12.5. The van der Waals surface area contributed by atoms with E-state index in [1.807, 2.05) is 42.5 Å². The summed E-state index contributed by atoms with van der Waals surface area (Å²) in [5.41, 5.74) is 2.45. The molecule has 19 heavy (non-hydrogen) atoms. The topological polar surface area (TPSA) is 26.3 Å². The van der Waals surface area contributed by atoms with E-state index >= 15 is 0 Å². The van der Waals surface area contributed by atoms with Gasteiger partial charge in [0.05, 0.1) is 0 Å². The van der Waals surface area contributed by atoms with Gasteiger partial charge in [-0.1, -0.05) is 0 Å². The molecule has 0 saturated carbocycles. The van der Waals surface area contributed by atoms with Gasteiger partial charge in [-0.15, -0.1) is 0 Å². The van der Waals surface area contributed by atoms with Crippen LogP contribution in [0.5, 0.6) is 5.75 Å². The Morgan fingerprint density at radius 2 is 1.79 bits per heavy atom. The van der Waals surface area contributed by atoms with E-state index in [1.165, 1.54) is 5.56 Å². The monoisotopic (exact) mass is 318 g/mol. The van der Waals surface area contributed by atoms with Crippen molar-refractivity contribution >= 4 is 20.9 Å². The zero-order valence-electron chi connectivity index (χ0n) is 10.4. The fraction of sp³-hybridized carbons (Fsp3) is 0.188. The number of hydrogen-bond donors (Lipinski definition) is 0. The van der Waals surface area contributed by atoms with Gasteiger partial charge in [0.15, 0.2) is 0 Å². The third-order valence-corrected chi connectivity index (χ3v) is 5.79. The summed E-state index contributed by atoms with van der Waals surface area (Å²) in [5, 5.41) is 0.982. The molecule has 0 aromatic heterocycles. The Labute approximate surface area is 118 Å². The number of carbonyl (C=O) groups excluding carboxylic acids is 1. The van der Waals surface area contributed by atoms with Crippen LogP contribution in [0.3, 0.4) is 0 Å². The summed E-state index contributed by atoms with van der Waals surface area (Å²) >= 11 is 0.242. The van der Waals surface area contributed by atoms with Crippen molar-refractivity contribution in [3.05, 3.63) is 65.7 Å². The minimum absolute atomic E-state index is 0.0441. The third-order valence-electron chi connectivity index (χ3n) is 3.15. The molecule has 96 valence electrons. The molecule has 0 aliphatic carbocycles. The van der Waals surface area contributed by atoms with Crippen LogP contribution in [0.25, 0.3) is 0 Å². The van der Waals surface area contributed by atoms with Crippen LogP contribution in [0.2, 0.25) is 4.82 Å². The van der Waals surface area contributed by atoms with Gasteiger partial charge in [-0.3, -0.25) is 0 Å². The number of hydrogen-bond acceptors (Lipinski definition) is 2. The maximum atomic E-state index is 12.0. The van der Waals surface area contributed by atoms with Crippen LogP contribution in [0.15, 0.2) is 54.6 Å². The quantitative estimate of drug-likeness (QED) is 0.494. The number of carbonyl (C=O) groups is 1. The van der Waals surface area contributed by atoms with E-state index in [1.54, 1.807) is 0 Å². The minimum atomic E-state index is -0.0605. The first-order chi connectivity index (χ1) is 9.33. The summed E-state index contributed by atoms with van der Waals surface area (Å²) in [7, 11) is 0. The molecular formula is C16H14O2Se. The molecule has 1 aliphatic rings. The van der Waals surface area contributed by atoms with Crippen molar-refractivity contribution in [3.8, 4) is 5.75 Å². The zero-order valence-corrected chi connectivity index (χ0v) is 12.1. The van der Waals surface area contributed by atoms with E-state index in [-0.39, 0.29) is 25.7 Å². The summed E-state index contributed by atoms with van der Waals surface area (Å²) in [4.78, 5) is 12.0. The number of rotatable bonds is 3. The van der Waals surface area contributed by atoms with Gasteiger partial charge in [0.1, 0.15) is 0 Å². The molecule has 2 nitrogen and oxygen atoms in total. The SMILES string of the molecule is O=C1Oc2ccccc2CC1[Se]Cc1ccccc1. The van der Waals surface area contributed by atoms with Gasteiger partial charge in [-0.25, -0.2) is 0 Å². The van der Waals surface area contributed by atoms with E-state index in [0.29, 0.717) is 0 Å². The number of esters is 1. The van der Waals surface area contributed by atoms with Gasteiger partial charge >= 0.3 is 118 Å². The molecule has 0 spiro atoms. The fourth-order valence-electron chi connectivity index (χ4n) is 2.13. The maximum absolute atomic E-state index is 12.0. The molecule has 2 aromatic carbocycles. The van der Waals surface area contributed by atoms with E-state index in [0.717, 1.165) is 23.1 Å². The number of fused-ring (bicyclic) bond motifs is 1. The van der Waals surface area contributed by atoms with Crippen molar-refractivity contribution < 1.29 is 9.53 Å². The summed E-state index contributed by atoms with van der Waals surface area (Å²) in [6, 6.07) is 18.1. The first-order valence-corrected chi connectivity index (χ1v) is 8.48. The second-order valence-corrected chi connectivity index (χ2v) is 7.02. The van der Waals surface area contributed by atoms with Crippen LogP contribution in [0, 0.1) is 0 Å². The molecule has 2 aromatic rings. The Morgan fingerprint density at radius 1 is 1.05 bits per heavy atom. The van der Waals surface area contributed by atoms with E-state index < -0.39 is 0 Å². The van der Waals surface area contributed by atoms with E-state index in [2.05, 4.69) is 12.1 Å².